The van der Waals surface area contributed by atoms with Crippen molar-refractivity contribution in [3.8, 4) is 5.75 Å². The third kappa shape index (κ3) is 5.53. The Balaban J connectivity index is 1.84. The standard InChI is InChI=1S/C19H24N4O2/c1-20-18(24)16-8-4-14(5-9-16)12-22-19(21-2)23-13-15-6-10-17(25-3)11-7-15/h4-11H,12-13H2,1-3H3,(H,20,24)(H2,21,22,23). The summed E-state index contributed by atoms with van der Waals surface area (Å²) in [6.45, 7) is 1.29. The predicted octanol–water partition coefficient (Wildman–Crippen LogP) is 1.92. The number of amides is 1. The lowest BCUT2D eigenvalue weighted by atomic mass is 10.1. The van der Waals surface area contributed by atoms with Gasteiger partial charge in [-0.2, -0.15) is 0 Å². The molecular formula is C19H24N4O2. The molecule has 132 valence electrons. The van der Waals surface area contributed by atoms with Gasteiger partial charge in [0.1, 0.15) is 5.75 Å². The van der Waals surface area contributed by atoms with Crippen molar-refractivity contribution in [1.29, 1.82) is 0 Å². The highest BCUT2D eigenvalue weighted by atomic mass is 16.5. The number of guanidine groups is 1. The van der Waals surface area contributed by atoms with E-state index in [0.717, 1.165) is 16.9 Å². The molecule has 2 rings (SSSR count). The van der Waals surface area contributed by atoms with Crippen LogP contribution in [0.3, 0.4) is 0 Å². The molecule has 0 aromatic heterocycles. The van der Waals surface area contributed by atoms with E-state index < -0.39 is 0 Å². The third-order valence-electron chi connectivity index (χ3n) is 3.75. The van der Waals surface area contributed by atoms with E-state index in [1.807, 2.05) is 48.5 Å². The second-order valence-corrected chi connectivity index (χ2v) is 5.40. The Morgan fingerprint density at radius 1 is 0.960 bits per heavy atom. The van der Waals surface area contributed by atoms with Gasteiger partial charge in [0.2, 0.25) is 0 Å². The van der Waals surface area contributed by atoms with Gasteiger partial charge in [0.15, 0.2) is 5.96 Å². The fourth-order valence-corrected chi connectivity index (χ4v) is 2.25. The average molecular weight is 340 g/mol. The number of nitrogens with one attached hydrogen (secondary N) is 3. The fraction of sp³-hybridized carbons (Fsp3) is 0.263. The Kier molecular flexibility index (Phi) is 6.83. The van der Waals surface area contributed by atoms with Gasteiger partial charge in [-0.1, -0.05) is 24.3 Å². The summed E-state index contributed by atoms with van der Waals surface area (Å²) in [5.74, 6) is 1.47. The molecule has 3 N–H and O–H groups in total. The van der Waals surface area contributed by atoms with Gasteiger partial charge in [-0.3, -0.25) is 9.79 Å². The Morgan fingerprint density at radius 3 is 1.92 bits per heavy atom. The number of carbonyl (C=O) groups is 1. The SMILES string of the molecule is CN=C(NCc1ccc(OC)cc1)NCc1ccc(C(=O)NC)cc1. The summed E-state index contributed by atoms with van der Waals surface area (Å²) in [6, 6.07) is 15.4. The van der Waals surface area contributed by atoms with Crippen LogP contribution in [0.15, 0.2) is 53.5 Å². The second kappa shape index (κ2) is 9.32. The first kappa shape index (κ1) is 18.3. The maximum absolute atomic E-state index is 11.5. The molecule has 0 atom stereocenters. The van der Waals surface area contributed by atoms with Gasteiger partial charge in [-0.15, -0.1) is 0 Å². The Bertz CT molecular complexity index is 709. The molecule has 6 nitrogen and oxygen atoms in total. The van der Waals surface area contributed by atoms with Crippen LogP contribution in [-0.2, 0) is 13.1 Å². The first-order valence-electron chi connectivity index (χ1n) is 8.04. The van der Waals surface area contributed by atoms with Crippen molar-refractivity contribution < 1.29 is 9.53 Å². The normalized spacial score (nSPS) is 10.9. The topological polar surface area (TPSA) is 74.8 Å². The van der Waals surface area contributed by atoms with Gasteiger partial charge in [-0.05, 0) is 35.4 Å². The lowest BCUT2D eigenvalue weighted by Gasteiger charge is -2.12. The molecule has 0 saturated carbocycles. The number of nitrogens with zero attached hydrogens (tertiary/aromatic N) is 1. The number of rotatable bonds is 6. The van der Waals surface area contributed by atoms with E-state index in [-0.39, 0.29) is 5.91 Å². The summed E-state index contributed by atoms with van der Waals surface area (Å²) in [6.07, 6.45) is 0. The molecule has 0 spiro atoms. The number of methoxy groups -OCH3 is 1. The fourth-order valence-electron chi connectivity index (χ4n) is 2.25. The molecule has 0 fully saturated rings. The number of ether oxygens (including phenoxy) is 1. The van der Waals surface area contributed by atoms with Crippen LogP contribution in [0.25, 0.3) is 0 Å². The predicted molar refractivity (Wildman–Crippen MR) is 99.9 cm³/mol. The monoisotopic (exact) mass is 340 g/mol. The van der Waals surface area contributed by atoms with E-state index in [0.29, 0.717) is 24.6 Å². The van der Waals surface area contributed by atoms with Crippen LogP contribution in [0.1, 0.15) is 21.5 Å². The smallest absolute Gasteiger partial charge is 0.251 e. The van der Waals surface area contributed by atoms with E-state index in [9.17, 15) is 4.79 Å². The maximum Gasteiger partial charge on any atom is 0.251 e. The summed E-state index contributed by atoms with van der Waals surface area (Å²) >= 11 is 0. The summed E-state index contributed by atoms with van der Waals surface area (Å²) < 4.78 is 5.15. The highest BCUT2D eigenvalue weighted by molar-refractivity contribution is 5.93. The van der Waals surface area contributed by atoms with E-state index in [4.69, 9.17) is 4.74 Å². The summed E-state index contributed by atoms with van der Waals surface area (Å²) in [7, 11) is 5.01. The van der Waals surface area contributed by atoms with Crippen molar-refractivity contribution >= 4 is 11.9 Å². The van der Waals surface area contributed by atoms with Crippen molar-refractivity contribution in [3.63, 3.8) is 0 Å². The van der Waals surface area contributed by atoms with E-state index in [1.54, 1.807) is 21.2 Å². The zero-order valence-corrected chi connectivity index (χ0v) is 14.8. The Hall–Kier alpha value is -3.02. The third-order valence-corrected chi connectivity index (χ3v) is 3.75. The molecule has 0 aliphatic rings. The highest BCUT2D eigenvalue weighted by Crippen LogP contribution is 2.11. The number of benzene rings is 2. The van der Waals surface area contributed by atoms with Gasteiger partial charge in [0, 0.05) is 32.7 Å². The molecule has 0 unspecified atom stereocenters. The zero-order valence-electron chi connectivity index (χ0n) is 14.8. The van der Waals surface area contributed by atoms with Crippen LogP contribution in [0.2, 0.25) is 0 Å². The molecule has 6 heteroatoms. The first-order chi connectivity index (χ1) is 12.2. The molecule has 2 aromatic rings. The van der Waals surface area contributed by atoms with Crippen molar-refractivity contribution in [2.24, 2.45) is 4.99 Å². The first-order valence-corrected chi connectivity index (χ1v) is 8.04. The minimum absolute atomic E-state index is 0.0866. The molecule has 0 radical (unpaired) electrons. The van der Waals surface area contributed by atoms with Crippen LogP contribution in [0, 0.1) is 0 Å². The van der Waals surface area contributed by atoms with Crippen LogP contribution >= 0.6 is 0 Å². The summed E-state index contributed by atoms with van der Waals surface area (Å²) in [4.78, 5) is 15.8. The van der Waals surface area contributed by atoms with Crippen molar-refractivity contribution in [3.05, 3.63) is 65.2 Å². The largest absolute Gasteiger partial charge is 0.497 e. The quantitative estimate of drug-likeness (QED) is 0.555. The van der Waals surface area contributed by atoms with Gasteiger partial charge in [0.05, 0.1) is 7.11 Å². The van der Waals surface area contributed by atoms with Crippen LogP contribution < -0.4 is 20.7 Å². The molecule has 0 aliphatic heterocycles. The molecule has 1 amide bonds. The van der Waals surface area contributed by atoms with Gasteiger partial charge in [0.25, 0.3) is 5.91 Å². The number of hydrogen-bond acceptors (Lipinski definition) is 3. The van der Waals surface area contributed by atoms with Crippen molar-refractivity contribution in [1.82, 2.24) is 16.0 Å². The lowest BCUT2D eigenvalue weighted by Crippen LogP contribution is -2.36. The van der Waals surface area contributed by atoms with Crippen molar-refractivity contribution in [2.45, 2.75) is 13.1 Å². The lowest BCUT2D eigenvalue weighted by molar-refractivity contribution is 0.0963. The Morgan fingerprint density at radius 2 is 1.48 bits per heavy atom. The maximum atomic E-state index is 11.5. The van der Waals surface area contributed by atoms with E-state index >= 15 is 0 Å². The highest BCUT2D eigenvalue weighted by Gasteiger charge is 2.03. The zero-order chi connectivity index (χ0) is 18.1. The second-order valence-electron chi connectivity index (χ2n) is 5.40. The van der Waals surface area contributed by atoms with Crippen molar-refractivity contribution in [2.75, 3.05) is 21.2 Å². The average Bonchev–Trinajstić information content (AvgIpc) is 2.68. The molecule has 25 heavy (non-hydrogen) atoms. The van der Waals surface area contributed by atoms with Gasteiger partial charge in [-0.25, -0.2) is 0 Å². The number of carbonyl (C=O) groups excluding carboxylic acids is 1. The molecule has 2 aromatic carbocycles. The molecule has 0 saturated heterocycles. The number of aliphatic imine (C=N–C) groups is 1. The minimum Gasteiger partial charge on any atom is -0.497 e. The molecule has 0 heterocycles. The van der Waals surface area contributed by atoms with Crippen LogP contribution in [-0.4, -0.2) is 33.1 Å². The Labute approximate surface area is 148 Å². The summed E-state index contributed by atoms with van der Waals surface area (Å²) in [5.41, 5.74) is 2.85. The van der Waals surface area contributed by atoms with Crippen LogP contribution in [0.5, 0.6) is 5.75 Å². The molecular weight excluding hydrogens is 316 g/mol. The van der Waals surface area contributed by atoms with E-state index in [2.05, 4.69) is 20.9 Å². The summed E-state index contributed by atoms with van der Waals surface area (Å²) in [5, 5.41) is 9.13. The van der Waals surface area contributed by atoms with Gasteiger partial charge < -0.3 is 20.7 Å². The molecule has 0 bridgehead atoms. The molecule has 0 aliphatic carbocycles. The minimum atomic E-state index is -0.0866. The van der Waals surface area contributed by atoms with E-state index in [1.165, 1.54) is 0 Å². The van der Waals surface area contributed by atoms with Crippen LogP contribution in [0.4, 0.5) is 0 Å². The number of hydrogen-bond donors (Lipinski definition) is 3. The van der Waals surface area contributed by atoms with Gasteiger partial charge >= 0.3 is 0 Å².